The van der Waals surface area contributed by atoms with E-state index >= 15 is 0 Å². The molecule has 6 heteroatoms. The van der Waals surface area contributed by atoms with Gasteiger partial charge >= 0.3 is 5.97 Å². The molecule has 0 aliphatic carbocycles. The zero-order chi connectivity index (χ0) is 9.78. The SMILES string of the molecule is NC(=O)CCC(N)(CO)C(=O)O. The van der Waals surface area contributed by atoms with Gasteiger partial charge in [0.1, 0.15) is 5.54 Å². The number of aliphatic carboxylic acids is 1. The Balaban J connectivity index is 4.15. The molecule has 12 heavy (non-hydrogen) atoms. The van der Waals surface area contributed by atoms with Crippen LogP contribution >= 0.6 is 0 Å². The fraction of sp³-hybridized carbons (Fsp3) is 0.667. The minimum Gasteiger partial charge on any atom is -0.480 e. The number of carbonyl (C=O) groups is 2. The predicted octanol–water partition coefficient (Wildman–Crippen LogP) is -1.97. The van der Waals surface area contributed by atoms with Gasteiger partial charge in [0.2, 0.25) is 5.91 Å². The average Bonchev–Trinajstić information content (AvgIpc) is 1.99. The average molecular weight is 176 g/mol. The standard InChI is InChI=1S/C6H12N2O4/c7-4(10)1-2-6(8,3-9)5(11)12/h9H,1-3,8H2,(H2,7,10)(H,11,12). The van der Waals surface area contributed by atoms with Crippen LogP contribution in [0.25, 0.3) is 0 Å². The van der Waals surface area contributed by atoms with Crippen LogP contribution in [0.3, 0.4) is 0 Å². The zero-order valence-electron chi connectivity index (χ0n) is 6.49. The molecule has 70 valence electrons. The van der Waals surface area contributed by atoms with Crippen LogP contribution < -0.4 is 11.5 Å². The fourth-order valence-electron chi connectivity index (χ4n) is 0.600. The van der Waals surface area contributed by atoms with Crippen LogP contribution in [0.4, 0.5) is 0 Å². The first-order valence-corrected chi connectivity index (χ1v) is 3.34. The molecule has 0 aromatic carbocycles. The number of hydrogen-bond acceptors (Lipinski definition) is 4. The summed E-state index contributed by atoms with van der Waals surface area (Å²) in [5.74, 6) is -1.98. The van der Waals surface area contributed by atoms with E-state index in [2.05, 4.69) is 0 Å². The van der Waals surface area contributed by atoms with Gasteiger partial charge in [-0.15, -0.1) is 0 Å². The normalized spacial score (nSPS) is 15.2. The lowest BCUT2D eigenvalue weighted by atomic mass is 9.96. The van der Waals surface area contributed by atoms with E-state index in [0.29, 0.717) is 0 Å². The van der Waals surface area contributed by atoms with Crippen LogP contribution in [0.5, 0.6) is 0 Å². The van der Waals surface area contributed by atoms with Crippen molar-refractivity contribution in [3.05, 3.63) is 0 Å². The van der Waals surface area contributed by atoms with Gasteiger partial charge in [0.05, 0.1) is 6.61 Å². The van der Waals surface area contributed by atoms with E-state index in [0.717, 1.165) is 0 Å². The van der Waals surface area contributed by atoms with Crippen molar-refractivity contribution in [2.45, 2.75) is 18.4 Å². The summed E-state index contributed by atoms with van der Waals surface area (Å²) in [6.07, 6.45) is -0.308. The topological polar surface area (TPSA) is 127 Å². The van der Waals surface area contributed by atoms with Crippen molar-refractivity contribution >= 4 is 11.9 Å². The molecule has 0 heterocycles. The molecule has 0 radical (unpaired) electrons. The van der Waals surface area contributed by atoms with E-state index in [1.165, 1.54) is 0 Å². The highest BCUT2D eigenvalue weighted by Gasteiger charge is 2.33. The first kappa shape index (κ1) is 10.9. The fourth-order valence-corrected chi connectivity index (χ4v) is 0.600. The molecular weight excluding hydrogens is 164 g/mol. The molecule has 0 saturated heterocycles. The highest BCUT2D eigenvalue weighted by atomic mass is 16.4. The maximum absolute atomic E-state index is 10.4. The molecule has 0 rings (SSSR count). The Bertz CT molecular complexity index is 194. The van der Waals surface area contributed by atoms with E-state index in [1.807, 2.05) is 0 Å². The minimum atomic E-state index is -1.75. The number of aliphatic hydroxyl groups excluding tert-OH is 1. The molecule has 0 saturated carbocycles. The van der Waals surface area contributed by atoms with Gasteiger partial charge in [0, 0.05) is 6.42 Å². The summed E-state index contributed by atoms with van der Waals surface area (Å²) in [6, 6.07) is 0. The Kier molecular flexibility index (Phi) is 3.65. The number of aliphatic hydroxyl groups is 1. The molecule has 0 bridgehead atoms. The molecule has 6 N–H and O–H groups in total. The Morgan fingerprint density at radius 3 is 2.17 bits per heavy atom. The van der Waals surface area contributed by atoms with Crippen molar-refractivity contribution in [3.8, 4) is 0 Å². The van der Waals surface area contributed by atoms with E-state index in [4.69, 9.17) is 21.7 Å². The number of carbonyl (C=O) groups excluding carboxylic acids is 1. The molecule has 0 aromatic rings. The quantitative estimate of drug-likeness (QED) is 0.386. The molecule has 0 aliphatic rings. The van der Waals surface area contributed by atoms with Gasteiger partial charge in [0.25, 0.3) is 0 Å². The van der Waals surface area contributed by atoms with Crippen LogP contribution in [0, 0.1) is 0 Å². The lowest BCUT2D eigenvalue weighted by Crippen LogP contribution is -2.51. The van der Waals surface area contributed by atoms with Crippen LogP contribution in [-0.2, 0) is 9.59 Å². The van der Waals surface area contributed by atoms with Gasteiger partial charge in [-0.25, -0.2) is 0 Å². The van der Waals surface area contributed by atoms with E-state index in [-0.39, 0.29) is 12.8 Å². The molecule has 0 aromatic heterocycles. The largest absolute Gasteiger partial charge is 0.480 e. The van der Waals surface area contributed by atoms with Crippen molar-refractivity contribution in [1.29, 1.82) is 0 Å². The third-order valence-electron chi connectivity index (χ3n) is 1.53. The van der Waals surface area contributed by atoms with Crippen LogP contribution in [0.15, 0.2) is 0 Å². The molecule has 0 fully saturated rings. The van der Waals surface area contributed by atoms with Crippen LogP contribution in [0.2, 0.25) is 0 Å². The van der Waals surface area contributed by atoms with Gasteiger partial charge in [-0.3, -0.25) is 9.59 Å². The summed E-state index contributed by atoms with van der Waals surface area (Å²) >= 11 is 0. The Hall–Kier alpha value is -1.14. The number of carboxylic acids is 1. The number of amides is 1. The first-order chi connectivity index (χ1) is 5.42. The number of nitrogens with two attached hydrogens (primary N) is 2. The highest BCUT2D eigenvalue weighted by molar-refractivity contribution is 5.80. The highest BCUT2D eigenvalue weighted by Crippen LogP contribution is 2.08. The summed E-state index contributed by atoms with van der Waals surface area (Å²) in [5.41, 5.74) is 8.26. The van der Waals surface area contributed by atoms with Crippen molar-refractivity contribution in [2.75, 3.05) is 6.61 Å². The number of hydrogen-bond donors (Lipinski definition) is 4. The molecule has 0 aliphatic heterocycles. The maximum atomic E-state index is 10.4. The zero-order valence-corrected chi connectivity index (χ0v) is 6.49. The maximum Gasteiger partial charge on any atom is 0.326 e. The van der Waals surface area contributed by atoms with E-state index in [1.54, 1.807) is 0 Å². The second kappa shape index (κ2) is 4.03. The Labute approximate surface area is 69.2 Å². The van der Waals surface area contributed by atoms with Crippen LogP contribution in [-0.4, -0.2) is 34.2 Å². The number of primary amides is 1. The molecular formula is C6H12N2O4. The molecule has 1 atom stereocenters. The number of carboxylic acid groups (broad SMARTS) is 1. The molecule has 0 spiro atoms. The Morgan fingerprint density at radius 1 is 1.42 bits per heavy atom. The summed E-state index contributed by atoms with van der Waals surface area (Å²) in [4.78, 5) is 20.7. The second-order valence-corrected chi connectivity index (χ2v) is 2.59. The molecule has 1 amide bonds. The van der Waals surface area contributed by atoms with Gasteiger partial charge in [0.15, 0.2) is 0 Å². The van der Waals surface area contributed by atoms with Crippen molar-refractivity contribution in [2.24, 2.45) is 11.5 Å². The summed E-state index contributed by atoms with van der Waals surface area (Å²) in [5, 5.41) is 17.1. The van der Waals surface area contributed by atoms with Gasteiger partial charge < -0.3 is 21.7 Å². The van der Waals surface area contributed by atoms with Crippen molar-refractivity contribution < 1.29 is 19.8 Å². The van der Waals surface area contributed by atoms with Gasteiger partial charge in [-0.1, -0.05) is 0 Å². The first-order valence-electron chi connectivity index (χ1n) is 3.34. The summed E-state index contributed by atoms with van der Waals surface area (Å²) < 4.78 is 0. The Morgan fingerprint density at radius 2 is 1.92 bits per heavy atom. The van der Waals surface area contributed by atoms with E-state index < -0.39 is 24.0 Å². The monoisotopic (exact) mass is 176 g/mol. The third-order valence-corrected chi connectivity index (χ3v) is 1.53. The molecule has 6 nitrogen and oxygen atoms in total. The number of rotatable bonds is 5. The lowest BCUT2D eigenvalue weighted by Gasteiger charge is -2.20. The third kappa shape index (κ3) is 2.85. The van der Waals surface area contributed by atoms with Crippen molar-refractivity contribution in [3.63, 3.8) is 0 Å². The smallest absolute Gasteiger partial charge is 0.326 e. The lowest BCUT2D eigenvalue weighted by molar-refractivity contribution is -0.145. The van der Waals surface area contributed by atoms with Gasteiger partial charge in [-0.05, 0) is 6.42 Å². The summed E-state index contributed by atoms with van der Waals surface area (Å²) in [7, 11) is 0. The van der Waals surface area contributed by atoms with Crippen LogP contribution in [0.1, 0.15) is 12.8 Å². The molecule has 1 unspecified atom stereocenters. The van der Waals surface area contributed by atoms with Crippen molar-refractivity contribution in [1.82, 2.24) is 0 Å². The van der Waals surface area contributed by atoms with Gasteiger partial charge in [-0.2, -0.15) is 0 Å². The summed E-state index contributed by atoms with van der Waals surface area (Å²) in [6.45, 7) is -0.713. The second-order valence-electron chi connectivity index (χ2n) is 2.59. The van der Waals surface area contributed by atoms with E-state index in [9.17, 15) is 9.59 Å². The minimum absolute atomic E-state index is 0.149. The predicted molar refractivity (Wildman–Crippen MR) is 40.1 cm³/mol.